The average Bonchev–Trinajstić information content (AvgIpc) is 3.54. The third-order valence-corrected chi connectivity index (χ3v) is 12.3. The van der Waals surface area contributed by atoms with Crippen LogP contribution in [0.5, 0.6) is 0 Å². The second-order valence-electron chi connectivity index (χ2n) is 14.6. The number of aryl methyl sites for hydroxylation is 1. The van der Waals surface area contributed by atoms with Crippen LogP contribution in [0.25, 0.3) is 0 Å². The number of nitrogens with one attached hydrogen (secondary N) is 1. The van der Waals surface area contributed by atoms with Crippen molar-refractivity contribution in [1.29, 1.82) is 0 Å². The molecule has 0 spiro atoms. The second-order valence-corrected chi connectivity index (χ2v) is 14.6. The summed E-state index contributed by atoms with van der Waals surface area (Å²) in [5.41, 5.74) is -0.658. The summed E-state index contributed by atoms with van der Waals surface area (Å²) >= 11 is 0. The summed E-state index contributed by atoms with van der Waals surface area (Å²) in [5.74, 6) is 1.66. The molecule has 10 atom stereocenters. The lowest BCUT2D eigenvalue weighted by Crippen LogP contribution is -2.54. The van der Waals surface area contributed by atoms with Gasteiger partial charge in [0.05, 0.1) is 19.4 Å². The van der Waals surface area contributed by atoms with E-state index in [9.17, 15) is 29.1 Å². The van der Waals surface area contributed by atoms with Crippen LogP contribution in [0.1, 0.15) is 103 Å². The van der Waals surface area contributed by atoms with Gasteiger partial charge in [-0.25, -0.2) is 4.79 Å². The fourth-order valence-corrected chi connectivity index (χ4v) is 9.80. The Hall–Kier alpha value is -2.79. The quantitative estimate of drug-likeness (QED) is 0.440. The van der Waals surface area contributed by atoms with Gasteiger partial charge in [0.25, 0.3) is 5.56 Å². The van der Waals surface area contributed by atoms with Crippen LogP contribution in [0.2, 0.25) is 0 Å². The van der Waals surface area contributed by atoms with Gasteiger partial charge in [0.1, 0.15) is 30.3 Å². The summed E-state index contributed by atoms with van der Waals surface area (Å²) in [5, 5.41) is 9.78. The zero-order valence-electron chi connectivity index (χ0n) is 26.0. The zero-order valence-corrected chi connectivity index (χ0v) is 26.0. The van der Waals surface area contributed by atoms with E-state index in [0.717, 1.165) is 51.4 Å². The molecule has 0 bridgehead atoms. The number of esters is 2. The number of ether oxygens (including phenoxy) is 3. The van der Waals surface area contributed by atoms with Crippen LogP contribution in [0, 0.1) is 41.4 Å². The standard InChI is InChI=1S/C33H46N2O9/c1-18-16-35(31(41)34-30(18)40)27-15-24(25(17-36)42-27)43-28(38)8-9-29(39)44-26-7-6-22-21-5-4-19-14-20(37)10-12-32(19,2)23(21)11-13-33(22,26)3/h16,19,21-27,36H,4-15,17H2,1-3H3,(H,34,40,41)/t19-,21?,22-,23?,24?,25?,26-,27?,32-,33-/m0/s1. The van der Waals surface area contributed by atoms with Crippen molar-refractivity contribution < 1.29 is 33.7 Å². The van der Waals surface area contributed by atoms with Gasteiger partial charge in [0.15, 0.2) is 0 Å². The van der Waals surface area contributed by atoms with Gasteiger partial charge in [-0.1, -0.05) is 13.8 Å². The Balaban J connectivity index is 1.01. The smallest absolute Gasteiger partial charge is 0.330 e. The third-order valence-electron chi connectivity index (χ3n) is 12.3. The zero-order chi connectivity index (χ0) is 31.4. The average molecular weight is 615 g/mol. The lowest BCUT2D eigenvalue weighted by Gasteiger charge is -2.60. The van der Waals surface area contributed by atoms with Crippen LogP contribution in [-0.4, -0.2) is 57.3 Å². The van der Waals surface area contributed by atoms with Crippen LogP contribution >= 0.6 is 0 Å². The molecule has 5 fully saturated rings. The molecule has 0 aromatic carbocycles. The molecule has 1 aromatic heterocycles. The monoisotopic (exact) mass is 614 g/mol. The Labute approximate surface area is 257 Å². The summed E-state index contributed by atoms with van der Waals surface area (Å²) in [7, 11) is 0. The SMILES string of the molecule is Cc1cn(C2CC(OC(=O)CCC(=O)O[C@H]3CC[C@H]4C5CC[C@H]6CC(=O)CC[C@]6(C)C5CC[C@]34C)C(CO)O2)c(=O)[nH]c1=O. The van der Waals surface area contributed by atoms with Crippen molar-refractivity contribution in [3.05, 3.63) is 32.6 Å². The summed E-state index contributed by atoms with van der Waals surface area (Å²) < 4.78 is 18.6. The van der Waals surface area contributed by atoms with E-state index in [2.05, 4.69) is 18.8 Å². The molecule has 1 saturated heterocycles. The number of hydrogen-bond donors (Lipinski definition) is 2. The maximum absolute atomic E-state index is 13.0. The molecule has 5 unspecified atom stereocenters. The van der Waals surface area contributed by atoms with Crippen LogP contribution in [0.4, 0.5) is 0 Å². The minimum Gasteiger partial charge on any atom is -0.462 e. The first-order valence-electron chi connectivity index (χ1n) is 16.4. The number of fused-ring (bicyclic) bond motifs is 5. The molecule has 242 valence electrons. The van der Waals surface area contributed by atoms with E-state index in [-0.39, 0.29) is 36.2 Å². The van der Waals surface area contributed by atoms with Crippen LogP contribution in [-0.2, 0) is 28.6 Å². The van der Waals surface area contributed by atoms with E-state index in [1.807, 2.05) is 0 Å². The Morgan fingerprint density at radius 3 is 2.48 bits per heavy atom. The molecular weight excluding hydrogens is 568 g/mol. The number of aliphatic hydroxyl groups is 1. The number of hydrogen-bond acceptors (Lipinski definition) is 9. The summed E-state index contributed by atoms with van der Waals surface area (Å²) in [6, 6.07) is 0. The number of aromatic nitrogens is 2. The van der Waals surface area contributed by atoms with Crippen molar-refractivity contribution in [3.63, 3.8) is 0 Å². The molecule has 4 saturated carbocycles. The number of carbonyl (C=O) groups excluding carboxylic acids is 3. The summed E-state index contributed by atoms with van der Waals surface area (Å²) in [6.45, 7) is 5.86. The molecule has 1 aliphatic heterocycles. The van der Waals surface area contributed by atoms with Crippen LogP contribution < -0.4 is 11.2 Å². The molecule has 4 aliphatic carbocycles. The minimum atomic E-state index is -0.841. The molecule has 2 heterocycles. The Morgan fingerprint density at radius 2 is 1.73 bits per heavy atom. The van der Waals surface area contributed by atoms with E-state index >= 15 is 0 Å². The molecule has 1 aromatic rings. The van der Waals surface area contributed by atoms with Gasteiger partial charge in [-0.3, -0.25) is 28.7 Å². The highest BCUT2D eigenvalue weighted by atomic mass is 16.6. The molecule has 2 N–H and O–H groups in total. The summed E-state index contributed by atoms with van der Waals surface area (Å²) in [4.78, 5) is 64.1. The van der Waals surface area contributed by atoms with Crippen molar-refractivity contribution in [1.82, 2.24) is 9.55 Å². The maximum Gasteiger partial charge on any atom is 0.330 e. The van der Waals surface area contributed by atoms with Gasteiger partial charge in [-0.2, -0.15) is 0 Å². The molecular formula is C33H46N2O9. The first-order chi connectivity index (χ1) is 20.9. The summed E-state index contributed by atoms with van der Waals surface area (Å²) in [6.07, 6.45) is 7.34. The highest BCUT2D eigenvalue weighted by Crippen LogP contribution is 2.66. The van der Waals surface area contributed by atoms with E-state index in [4.69, 9.17) is 14.2 Å². The van der Waals surface area contributed by atoms with Crippen molar-refractivity contribution in [2.24, 2.45) is 34.5 Å². The van der Waals surface area contributed by atoms with E-state index in [1.54, 1.807) is 6.92 Å². The number of nitrogens with zero attached hydrogens (tertiary/aromatic N) is 1. The molecule has 0 amide bonds. The molecule has 0 radical (unpaired) electrons. The van der Waals surface area contributed by atoms with Gasteiger partial charge >= 0.3 is 17.6 Å². The number of aromatic amines is 1. The third kappa shape index (κ3) is 5.48. The van der Waals surface area contributed by atoms with Crippen molar-refractivity contribution in [2.75, 3.05) is 6.61 Å². The van der Waals surface area contributed by atoms with Crippen molar-refractivity contribution >= 4 is 17.7 Å². The second kappa shape index (κ2) is 11.9. The number of carbonyl (C=O) groups is 3. The predicted octanol–water partition coefficient (Wildman–Crippen LogP) is 3.34. The number of aliphatic hydroxyl groups excluding tert-OH is 1. The maximum atomic E-state index is 13.0. The van der Waals surface area contributed by atoms with E-state index < -0.39 is 48.2 Å². The number of rotatable bonds is 7. The number of Topliss-reactive ketones (excluding diaryl/α,β-unsaturated/α-hetero) is 1. The molecule has 6 rings (SSSR count). The topological polar surface area (TPSA) is 154 Å². The highest BCUT2D eigenvalue weighted by Gasteiger charge is 2.61. The van der Waals surface area contributed by atoms with E-state index in [1.165, 1.54) is 10.8 Å². The molecule has 5 aliphatic rings. The lowest BCUT2D eigenvalue weighted by molar-refractivity contribution is -0.167. The van der Waals surface area contributed by atoms with Crippen molar-refractivity contribution in [3.8, 4) is 0 Å². The van der Waals surface area contributed by atoms with Gasteiger partial charge < -0.3 is 19.3 Å². The van der Waals surface area contributed by atoms with Crippen molar-refractivity contribution in [2.45, 2.75) is 122 Å². The number of H-pyrrole nitrogens is 1. The first-order valence-corrected chi connectivity index (χ1v) is 16.4. The van der Waals surface area contributed by atoms with E-state index in [0.29, 0.717) is 41.4 Å². The molecule has 11 nitrogen and oxygen atoms in total. The fourth-order valence-electron chi connectivity index (χ4n) is 9.80. The van der Waals surface area contributed by atoms with Gasteiger partial charge in [0.2, 0.25) is 0 Å². The lowest BCUT2D eigenvalue weighted by atomic mass is 9.45. The Bertz CT molecular complexity index is 1420. The molecule has 11 heteroatoms. The van der Waals surface area contributed by atoms with Crippen LogP contribution in [0.3, 0.4) is 0 Å². The van der Waals surface area contributed by atoms with Gasteiger partial charge in [-0.05, 0) is 81.0 Å². The minimum absolute atomic E-state index is 0.0757. The van der Waals surface area contributed by atoms with Crippen LogP contribution in [0.15, 0.2) is 15.8 Å². The first kappa shape index (κ1) is 31.2. The largest absolute Gasteiger partial charge is 0.462 e. The molecule has 44 heavy (non-hydrogen) atoms. The predicted molar refractivity (Wildman–Crippen MR) is 157 cm³/mol. The van der Waals surface area contributed by atoms with Gasteiger partial charge in [0, 0.05) is 36.4 Å². The normalized spacial score (nSPS) is 39.7. The fraction of sp³-hybridized carbons (Fsp3) is 0.788. The Morgan fingerprint density at radius 1 is 1.00 bits per heavy atom. The van der Waals surface area contributed by atoms with Gasteiger partial charge in [-0.15, -0.1) is 0 Å². The highest BCUT2D eigenvalue weighted by molar-refractivity contribution is 5.79. The Kier molecular flexibility index (Phi) is 8.41. The number of ketones is 1.